The van der Waals surface area contributed by atoms with Crippen LogP contribution in [-0.4, -0.2) is 11.2 Å². The Morgan fingerprint density at radius 1 is 1.03 bits per heavy atom. The van der Waals surface area contributed by atoms with Crippen LogP contribution in [0.5, 0.6) is 0 Å². The first-order chi connectivity index (χ1) is 15.7. The van der Waals surface area contributed by atoms with Crippen molar-refractivity contribution in [2.24, 2.45) is 52.3 Å². The van der Waals surface area contributed by atoms with Crippen molar-refractivity contribution >= 4 is 0 Å². The second kappa shape index (κ2) is 9.83. The normalized spacial score (nSPS) is 43.0. The fraction of sp³-hybridized carbons (Fsp3) is 0.875. The number of fused-ring (bicyclic) bond motifs is 5. The molecule has 1 N–H and O–H groups in total. The molecule has 0 spiro atoms. The van der Waals surface area contributed by atoms with Crippen LogP contribution < -0.4 is 0 Å². The van der Waals surface area contributed by atoms with Gasteiger partial charge < -0.3 is 5.11 Å². The molecule has 33 heavy (non-hydrogen) atoms. The summed E-state index contributed by atoms with van der Waals surface area (Å²) in [4.78, 5) is 0. The molecular weight excluding hydrogens is 400 g/mol. The third kappa shape index (κ3) is 4.43. The summed E-state index contributed by atoms with van der Waals surface area (Å²) in [5.41, 5.74) is 4.22. The average Bonchev–Trinajstić information content (AvgIpc) is 3.14. The quantitative estimate of drug-likeness (QED) is 0.363. The lowest BCUT2D eigenvalue weighted by Crippen LogP contribution is -2.49. The maximum absolute atomic E-state index is 10.3. The van der Waals surface area contributed by atoms with Crippen LogP contribution in [0.2, 0.25) is 0 Å². The molecule has 0 bridgehead atoms. The van der Waals surface area contributed by atoms with Gasteiger partial charge in [0.2, 0.25) is 0 Å². The van der Waals surface area contributed by atoms with Crippen molar-refractivity contribution in [3.63, 3.8) is 0 Å². The zero-order valence-corrected chi connectivity index (χ0v) is 22.8. The molecule has 188 valence electrons. The highest BCUT2D eigenvalue weighted by molar-refractivity contribution is 5.27. The number of allylic oxidation sites excluding steroid dienone is 3. The van der Waals surface area contributed by atoms with Crippen molar-refractivity contribution < 1.29 is 5.11 Å². The van der Waals surface area contributed by atoms with Crippen molar-refractivity contribution in [1.29, 1.82) is 0 Å². The lowest BCUT2D eigenvalue weighted by atomic mass is 9.47. The molecule has 4 rings (SSSR count). The molecule has 4 aliphatic carbocycles. The molecule has 0 saturated heterocycles. The largest absolute Gasteiger partial charge is 0.393 e. The summed E-state index contributed by atoms with van der Waals surface area (Å²) in [6.45, 7) is 19.2. The molecule has 3 saturated carbocycles. The van der Waals surface area contributed by atoms with Crippen LogP contribution in [0.4, 0.5) is 0 Å². The van der Waals surface area contributed by atoms with Crippen LogP contribution in [0.15, 0.2) is 23.8 Å². The molecule has 0 aromatic carbocycles. The Morgan fingerprint density at radius 3 is 2.39 bits per heavy atom. The lowest BCUT2D eigenvalue weighted by Gasteiger charge is -2.57. The van der Waals surface area contributed by atoms with Gasteiger partial charge in [-0.05, 0) is 123 Å². The van der Waals surface area contributed by atoms with Crippen LogP contribution in [0.25, 0.3) is 0 Å². The van der Waals surface area contributed by atoms with Gasteiger partial charge in [-0.15, -0.1) is 0 Å². The van der Waals surface area contributed by atoms with Gasteiger partial charge in [-0.25, -0.2) is 0 Å². The zero-order valence-electron chi connectivity index (χ0n) is 22.8. The SMILES string of the molecule is C=C(C)[C@H](CC)[C@H](CC)CC[C@@H](C)[C@H]1CC[C@H]2C3=CC[C@H]4C[C@@H](O)CC[C@]4(C)[C@H]3CC[C@]12C. The van der Waals surface area contributed by atoms with Crippen molar-refractivity contribution in [3.8, 4) is 0 Å². The maximum atomic E-state index is 10.3. The highest BCUT2D eigenvalue weighted by atomic mass is 16.3. The number of hydrogen-bond donors (Lipinski definition) is 1. The van der Waals surface area contributed by atoms with Crippen LogP contribution >= 0.6 is 0 Å². The molecule has 0 aromatic rings. The van der Waals surface area contributed by atoms with E-state index < -0.39 is 0 Å². The summed E-state index contributed by atoms with van der Waals surface area (Å²) in [6, 6.07) is 0. The molecule has 1 heteroatoms. The predicted molar refractivity (Wildman–Crippen MR) is 142 cm³/mol. The first kappa shape index (κ1) is 25.5. The van der Waals surface area contributed by atoms with E-state index in [-0.39, 0.29) is 6.10 Å². The van der Waals surface area contributed by atoms with Crippen molar-refractivity contribution in [2.75, 3.05) is 0 Å². The minimum absolute atomic E-state index is 0.0484. The van der Waals surface area contributed by atoms with Gasteiger partial charge in [0, 0.05) is 0 Å². The van der Waals surface area contributed by atoms with Gasteiger partial charge in [-0.3, -0.25) is 0 Å². The molecule has 10 atom stereocenters. The van der Waals surface area contributed by atoms with E-state index in [4.69, 9.17) is 0 Å². The first-order valence-corrected chi connectivity index (χ1v) is 14.7. The number of aliphatic hydroxyl groups is 1. The van der Waals surface area contributed by atoms with Crippen LogP contribution in [-0.2, 0) is 0 Å². The molecule has 1 nitrogen and oxygen atoms in total. The predicted octanol–water partition coefficient (Wildman–Crippen LogP) is 8.97. The maximum Gasteiger partial charge on any atom is 0.0543 e. The lowest BCUT2D eigenvalue weighted by molar-refractivity contribution is -0.0428. The molecule has 0 unspecified atom stereocenters. The summed E-state index contributed by atoms with van der Waals surface area (Å²) in [5.74, 6) is 5.59. The monoisotopic (exact) mass is 454 g/mol. The summed E-state index contributed by atoms with van der Waals surface area (Å²) in [7, 11) is 0. The molecule has 0 aromatic heterocycles. The second-order valence-electron chi connectivity index (χ2n) is 13.5. The highest BCUT2D eigenvalue weighted by Crippen LogP contribution is 2.67. The van der Waals surface area contributed by atoms with E-state index in [1.54, 1.807) is 0 Å². The fourth-order valence-electron chi connectivity index (χ4n) is 9.92. The molecule has 0 radical (unpaired) electrons. The summed E-state index contributed by atoms with van der Waals surface area (Å²) < 4.78 is 0. The van der Waals surface area contributed by atoms with E-state index in [1.807, 2.05) is 5.57 Å². The molecule has 4 aliphatic rings. The van der Waals surface area contributed by atoms with Gasteiger partial charge in [0.1, 0.15) is 0 Å². The van der Waals surface area contributed by atoms with Crippen molar-refractivity contribution in [3.05, 3.63) is 23.8 Å². The van der Waals surface area contributed by atoms with Gasteiger partial charge in [-0.1, -0.05) is 71.3 Å². The molecule has 0 aliphatic heterocycles. The van der Waals surface area contributed by atoms with E-state index in [0.29, 0.717) is 22.7 Å². The van der Waals surface area contributed by atoms with E-state index in [9.17, 15) is 5.11 Å². The standard InChI is InChI=1S/C32H54O/c1-8-23(26(9-2)21(3)4)11-10-22(5)28-14-15-29-27-13-12-24-20-25(33)16-18-31(24,6)30(27)17-19-32(28,29)7/h13,22-26,28-30,33H,3,8-12,14-20H2,1-2,4-7H3/t22-,23-,24+,25+,26+,28-,29+,30+,31+,32-/m1/s1. The van der Waals surface area contributed by atoms with E-state index in [0.717, 1.165) is 42.4 Å². The number of hydrogen-bond acceptors (Lipinski definition) is 1. The Morgan fingerprint density at radius 2 is 1.73 bits per heavy atom. The van der Waals surface area contributed by atoms with Gasteiger partial charge >= 0.3 is 0 Å². The van der Waals surface area contributed by atoms with E-state index >= 15 is 0 Å². The van der Waals surface area contributed by atoms with Gasteiger partial charge in [0.15, 0.2) is 0 Å². The van der Waals surface area contributed by atoms with Crippen molar-refractivity contribution in [2.45, 2.75) is 125 Å². The average molecular weight is 455 g/mol. The Kier molecular flexibility index (Phi) is 7.60. The molecular formula is C32H54O. The third-order valence-electron chi connectivity index (χ3n) is 12.0. The number of aliphatic hydroxyl groups excluding tert-OH is 1. The number of rotatable bonds is 8. The summed E-state index contributed by atoms with van der Waals surface area (Å²) in [5, 5.41) is 10.3. The minimum Gasteiger partial charge on any atom is -0.393 e. The van der Waals surface area contributed by atoms with E-state index in [1.165, 1.54) is 69.8 Å². The van der Waals surface area contributed by atoms with Crippen LogP contribution in [0, 0.1) is 52.3 Å². The summed E-state index contributed by atoms with van der Waals surface area (Å²) >= 11 is 0. The van der Waals surface area contributed by atoms with Crippen LogP contribution in [0.3, 0.4) is 0 Å². The second-order valence-corrected chi connectivity index (χ2v) is 13.5. The smallest absolute Gasteiger partial charge is 0.0543 e. The third-order valence-corrected chi connectivity index (χ3v) is 12.0. The molecule has 3 fully saturated rings. The Hall–Kier alpha value is -0.560. The molecule has 0 amide bonds. The topological polar surface area (TPSA) is 20.2 Å². The first-order valence-electron chi connectivity index (χ1n) is 14.7. The Balaban J connectivity index is 1.46. The van der Waals surface area contributed by atoms with Gasteiger partial charge in [-0.2, -0.15) is 0 Å². The Labute approximate surface area is 205 Å². The fourth-order valence-corrected chi connectivity index (χ4v) is 9.92. The van der Waals surface area contributed by atoms with Gasteiger partial charge in [0.05, 0.1) is 6.10 Å². The van der Waals surface area contributed by atoms with E-state index in [2.05, 4.69) is 54.2 Å². The minimum atomic E-state index is -0.0484. The Bertz CT molecular complexity index is 735. The summed E-state index contributed by atoms with van der Waals surface area (Å²) in [6.07, 6.45) is 18.2. The van der Waals surface area contributed by atoms with Crippen molar-refractivity contribution in [1.82, 2.24) is 0 Å². The molecule has 0 heterocycles. The van der Waals surface area contributed by atoms with Crippen LogP contribution in [0.1, 0.15) is 119 Å². The zero-order chi connectivity index (χ0) is 24.0. The highest BCUT2D eigenvalue weighted by Gasteiger charge is 2.58. The van der Waals surface area contributed by atoms with Gasteiger partial charge in [0.25, 0.3) is 0 Å².